The number of esters is 4. The van der Waals surface area contributed by atoms with Gasteiger partial charge in [0.1, 0.15) is 11.2 Å². The second-order valence-corrected chi connectivity index (χ2v) is 22.3. The van der Waals surface area contributed by atoms with Crippen LogP contribution in [0.3, 0.4) is 0 Å². The van der Waals surface area contributed by atoms with Crippen LogP contribution in [-0.2, 0) is 38.1 Å². The molecule has 0 spiro atoms. The Morgan fingerprint density at radius 2 is 1.30 bits per heavy atom. The molecule has 10 aliphatic carbocycles. The van der Waals surface area contributed by atoms with Gasteiger partial charge in [-0.15, -0.1) is 0 Å². The minimum absolute atomic E-state index is 0.296. The minimum atomic E-state index is -0.575. The van der Waals surface area contributed by atoms with Gasteiger partial charge in [-0.1, -0.05) is 26.5 Å². The molecule has 0 heterocycles. The van der Waals surface area contributed by atoms with Crippen molar-refractivity contribution in [3.63, 3.8) is 0 Å². The largest absolute Gasteiger partial charge is 0.456 e. The van der Waals surface area contributed by atoms with Crippen molar-refractivity contribution >= 4 is 23.9 Å². The minimum Gasteiger partial charge on any atom is -0.456 e. The maximum atomic E-state index is 13.7. The highest BCUT2D eigenvalue weighted by Gasteiger charge is 2.67. The lowest BCUT2D eigenvalue weighted by Gasteiger charge is -2.63. The van der Waals surface area contributed by atoms with Gasteiger partial charge in [0.05, 0.1) is 0 Å². The number of carbonyl (C=O) groups is 4. The standard InChI is InChI=1S/C49H68O8/c1-5-43(50)54-25-44(51)56-48(22-30-7-6-29-11-33(30)16-39(48)12-29)42-19-34-14-36(42)15-37(34)20-47-9-8-31-23-49(40(24-47)17-38(31)21-47,41-18-32-13-35(41)10-28(32)4)57-45(52)26-55-46(53)27(2)3/h5,28-42H,1-2,6-26H2,3-4H3. The molecule has 0 saturated heterocycles. The highest BCUT2D eigenvalue weighted by molar-refractivity contribution is 5.88. The molecule has 0 aromatic rings. The van der Waals surface area contributed by atoms with Crippen molar-refractivity contribution in [3.8, 4) is 0 Å². The van der Waals surface area contributed by atoms with E-state index in [1.807, 2.05) is 0 Å². The lowest BCUT2D eigenvalue weighted by atomic mass is 9.44. The van der Waals surface area contributed by atoms with E-state index in [4.69, 9.17) is 18.9 Å². The second-order valence-electron chi connectivity index (χ2n) is 22.3. The van der Waals surface area contributed by atoms with Crippen molar-refractivity contribution in [2.75, 3.05) is 13.2 Å². The quantitative estimate of drug-likeness (QED) is 0.110. The van der Waals surface area contributed by atoms with E-state index in [1.165, 1.54) is 96.3 Å². The van der Waals surface area contributed by atoms with Crippen LogP contribution in [0.1, 0.15) is 136 Å². The zero-order valence-electron chi connectivity index (χ0n) is 34.8. The normalized spacial score (nSPS) is 49.3. The maximum absolute atomic E-state index is 13.7. The van der Waals surface area contributed by atoms with E-state index in [1.54, 1.807) is 6.92 Å². The molecular formula is C49H68O8. The summed E-state index contributed by atoms with van der Waals surface area (Å²) in [5.41, 5.74) is -0.284. The lowest BCUT2D eigenvalue weighted by molar-refractivity contribution is -0.224. The number of rotatable bonds is 12. The van der Waals surface area contributed by atoms with Crippen LogP contribution in [0.15, 0.2) is 24.8 Å². The smallest absolute Gasteiger partial charge is 0.344 e. The molecule has 10 aliphatic rings. The molecule has 10 bridgehead atoms. The van der Waals surface area contributed by atoms with Gasteiger partial charge >= 0.3 is 23.9 Å². The molecule has 18 unspecified atom stereocenters. The van der Waals surface area contributed by atoms with Crippen molar-refractivity contribution in [1.29, 1.82) is 0 Å². The van der Waals surface area contributed by atoms with Crippen LogP contribution in [0.25, 0.3) is 0 Å². The Balaban J connectivity index is 0.874. The predicted molar refractivity (Wildman–Crippen MR) is 213 cm³/mol. The number of hydrogen-bond donors (Lipinski definition) is 0. The van der Waals surface area contributed by atoms with Crippen LogP contribution < -0.4 is 0 Å². The van der Waals surface area contributed by atoms with E-state index in [0.29, 0.717) is 76.1 Å². The van der Waals surface area contributed by atoms with Crippen LogP contribution in [0, 0.1) is 94.2 Å². The molecule has 10 rings (SSSR count). The Hall–Kier alpha value is -2.64. The molecule has 8 heteroatoms. The van der Waals surface area contributed by atoms with Crippen molar-refractivity contribution < 1.29 is 38.1 Å². The summed E-state index contributed by atoms with van der Waals surface area (Å²) in [5, 5.41) is 0. The number of ether oxygens (including phenoxy) is 4. The first kappa shape index (κ1) is 38.6. The summed E-state index contributed by atoms with van der Waals surface area (Å²) in [6.45, 7) is 10.6. The van der Waals surface area contributed by atoms with Gasteiger partial charge in [-0.05, 0) is 205 Å². The van der Waals surface area contributed by atoms with Crippen LogP contribution in [0.4, 0.5) is 0 Å². The zero-order valence-corrected chi connectivity index (χ0v) is 34.8. The summed E-state index contributed by atoms with van der Waals surface area (Å²) < 4.78 is 24.3. The summed E-state index contributed by atoms with van der Waals surface area (Å²) in [6, 6.07) is 0. The van der Waals surface area contributed by atoms with Crippen molar-refractivity contribution in [2.45, 2.75) is 147 Å². The van der Waals surface area contributed by atoms with Crippen LogP contribution in [0.5, 0.6) is 0 Å². The van der Waals surface area contributed by atoms with Crippen molar-refractivity contribution in [3.05, 3.63) is 24.8 Å². The molecule has 57 heavy (non-hydrogen) atoms. The molecule has 0 aromatic heterocycles. The van der Waals surface area contributed by atoms with Crippen molar-refractivity contribution in [1.82, 2.24) is 0 Å². The van der Waals surface area contributed by atoms with Gasteiger partial charge in [0.25, 0.3) is 0 Å². The van der Waals surface area contributed by atoms with Crippen LogP contribution in [-0.4, -0.2) is 48.3 Å². The molecule has 0 N–H and O–H groups in total. The Kier molecular flexibility index (Phi) is 9.63. The third kappa shape index (κ3) is 6.48. The van der Waals surface area contributed by atoms with E-state index < -0.39 is 23.1 Å². The summed E-state index contributed by atoms with van der Waals surface area (Å²) in [5.74, 6) is 7.27. The van der Waals surface area contributed by atoms with Gasteiger partial charge in [-0.25, -0.2) is 19.2 Å². The highest BCUT2D eigenvalue weighted by Crippen LogP contribution is 2.71. The fraction of sp³-hybridized carbons (Fsp3) is 0.837. The third-order valence-corrected chi connectivity index (χ3v) is 19.6. The Bertz CT molecular complexity index is 1680. The fourth-order valence-electron chi connectivity index (χ4n) is 17.7. The van der Waals surface area contributed by atoms with Gasteiger partial charge in [0, 0.05) is 23.5 Å². The average molecular weight is 785 g/mol. The first-order chi connectivity index (χ1) is 27.4. The predicted octanol–water partition coefficient (Wildman–Crippen LogP) is 9.20. The van der Waals surface area contributed by atoms with Crippen molar-refractivity contribution in [2.24, 2.45) is 94.2 Å². The van der Waals surface area contributed by atoms with E-state index >= 15 is 0 Å². The molecule has 0 radical (unpaired) electrons. The van der Waals surface area contributed by atoms with Crippen LogP contribution in [0.2, 0.25) is 0 Å². The summed E-state index contributed by atoms with van der Waals surface area (Å²) in [6.07, 6.45) is 24.3. The van der Waals surface area contributed by atoms with Gasteiger partial charge < -0.3 is 18.9 Å². The first-order valence-corrected chi connectivity index (χ1v) is 23.4. The molecule has 0 amide bonds. The molecule has 0 aliphatic heterocycles. The molecule has 312 valence electrons. The molecular weight excluding hydrogens is 717 g/mol. The van der Waals surface area contributed by atoms with E-state index in [2.05, 4.69) is 20.1 Å². The number of hydrogen-bond acceptors (Lipinski definition) is 8. The lowest BCUT2D eigenvalue weighted by Crippen LogP contribution is -2.61. The average Bonchev–Trinajstić information content (AvgIpc) is 3.98. The van der Waals surface area contributed by atoms with E-state index in [9.17, 15) is 19.2 Å². The molecule has 10 fully saturated rings. The van der Waals surface area contributed by atoms with Gasteiger partial charge in [0.2, 0.25) is 0 Å². The van der Waals surface area contributed by atoms with Gasteiger partial charge in [0.15, 0.2) is 13.2 Å². The third-order valence-electron chi connectivity index (χ3n) is 19.6. The molecule has 18 atom stereocenters. The Labute approximate surface area is 340 Å². The van der Waals surface area contributed by atoms with Crippen LogP contribution >= 0.6 is 0 Å². The second kappa shape index (κ2) is 14.2. The summed E-state index contributed by atoms with van der Waals surface area (Å²) in [4.78, 5) is 51.5. The topological polar surface area (TPSA) is 105 Å². The summed E-state index contributed by atoms with van der Waals surface area (Å²) >= 11 is 0. The SMILES string of the molecule is C=CC(=O)OCC(=O)OC1(C2CC3CC2CC3CC23CCC4CC(OC(=O)COC(=O)C(=C)C)(C5CC6CC5CC6C)C(CC4C2)C3)CC2CCC3CC2CC1C3. The van der Waals surface area contributed by atoms with E-state index in [0.717, 1.165) is 55.4 Å². The highest BCUT2D eigenvalue weighted by atomic mass is 16.6. The summed E-state index contributed by atoms with van der Waals surface area (Å²) in [7, 11) is 0. The zero-order chi connectivity index (χ0) is 39.4. The van der Waals surface area contributed by atoms with Gasteiger partial charge in [-0.2, -0.15) is 0 Å². The Morgan fingerprint density at radius 3 is 1.96 bits per heavy atom. The number of fused-ring (bicyclic) bond motifs is 8. The van der Waals surface area contributed by atoms with E-state index in [-0.39, 0.29) is 25.2 Å². The van der Waals surface area contributed by atoms with Gasteiger partial charge in [-0.3, -0.25) is 0 Å². The monoisotopic (exact) mass is 784 g/mol. The first-order valence-electron chi connectivity index (χ1n) is 23.4. The molecule has 10 saturated carbocycles. The fourth-order valence-corrected chi connectivity index (χ4v) is 17.7. The Morgan fingerprint density at radius 1 is 0.632 bits per heavy atom. The number of carbonyl (C=O) groups excluding carboxylic acids is 4. The maximum Gasteiger partial charge on any atom is 0.344 e. The molecule has 8 nitrogen and oxygen atoms in total. The molecule has 0 aromatic carbocycles.